The highest BCUT2D eigenvalue weighted by atomic mass is 35.5. The number of benzene rings is 2. The molecule has 2 aromatic carbocycles. The normalized spacial score (nSPS) is 14.2. The quantitative estimate of drug-likeness (QED) is 0.410. The summed E-state index contributed by atoms with van der Waals surface area (Å²) in [6.45, 7) is 4.28. The maximum absolute atomic E-state index is 13.6. The predicted octanol–water partition coefficient (Wildman–Crippen LogP) is 4.03. The molecule has 9 nitrogen and oxygen atoms in total. The number of aliphatic carboxylic acids is 1. The van der Waals surface area contributed by atoms with Crippen LogP contribution < -0.4 is 21.1 Å². The molecule has 0 saturated carbocycles. The van der Waals surface area contributed by atoms with Crippen LogP contribution >= 0.6 is 11.6 Å². The van der Waals surface area contributed by atoms with Crippen LogP contribution in [-0.4, -0.2) is 48.0 Å². The Morgan fingerprint density at radius 2 is 1.78 bits per heavy atom. The average molecular weight is 525 g/mol. The van der Waals surface area contributed by atoms with Crippen LogP contribution in [-0.2, 0) is 16.1 Å². The zero-order valence-corrected chi connectivity index (χ0v) is 21.2. The van der Waals surface area contributed by atoms with Gasteiger partial charge in [-0.05, 0) is 30.2 Å². The van der Waals surface area contributed by atoms with E-state index in [4.69, 9.17) is 16.3 Å². The topological polar surface area (TPSA) is 113 Å². The molecule has 2 amide bonds. The van der Waals surface area contributed by atoms with E-state index in [2.05, 4.69) is 10.6 Å². The maximum Gasteiger partial charge on any atom is 0.319 e. The van der Waals surface area contributed by atoms with E-state index in [1.807, 2.05) is 42.2 Å². The molecule has 1 fully saturated rings. The average Bonchev–Trinajstić information content (AvgIpc) is 2.88. The Labute approximate surface area is 219 Å². The number of carboxylic acid groups (broad SMARTS) is 1. The number of nitrogens with one attached hydrogen (secondary N) is 2. The van der Waals surface area contributed by atoms with Crippen molar-refractivity contribution >= 4 is 35.0 Å². The second kappa shape index (κ2) is 11.9. The van der Waals surface area contributed by atoms with E-state index in [9.17, 15) is 19.5 Å². The van der Waals surface area contributed by atoms with Gasteiger partial charge in [0.25, 0.3) is 5.56 Å². The van der Waals surface area contributed by atoms with Gasteiger partial charge in [-0.2, -0.15) is 0 Å². The molecule has 0 unspecified atom stereocenters. The third-order valence-corrected chi connectivity index (χ3v) is 6.56. The monoisotopic (exact) mass is 524 g/mol. The number of ether oxygens (including phenoxy) is 1. The fourth-order valence-electron chi connectivity index (χ4n) is 4.22. The molecule has 0 spiro atoms. The van der Waals surface area contributed by atoms with Crippen LogP contribution in [0.5, 0.6) is 0 Å². The maximum atomic E-state index is 13.6. The van der Waals surface area contributed by atoms with Gasteiger partial charge in [-0.3, -0.25) is 9.59 Å². The lowest BCUT2D eigenvalue weighted by Gasteiger charge is -2.30. The van der Waals surface area contributed by atoms with Gasteiger partial charge in [0, 0.05) is 24.3 Å². The van der Waals surface area contributed by atoms with Crippen LogP contribution in [0.2, 0.25) is 5.02 Å². The molecule has 1 aliphatic rings. The second-order valence-electron chi connectivity index (χ2n) is 8.86. The Kier molecular flexibility index (Phi) is 8.47. The lowest BCUT2D eigenvalue weighted by atomic mass is 10.0. The number of aromatic nitrogens is 1. The molecule has 1 aliphatic heterocycles. The summed E-state index contributed by atoms with van der Waals surface area (Å²) in [4.78, 5) is 40.2. The lowest BCUT2D eigenvalue weighted by Crippen LogP contribution is -2.40. The largest absolute Gasteiger partial charge is 0.481 e. The number of nitrogens with zero attached hydrogens (tertiary/aromatic N) is 2. The van der Waals surface area contributed by atoms with E-state index < -0.39 is 23.6 Å². The van der Waals surface area contributed by atoms with Crippen LogP contribution in [0.25, 0.3) is 0 Å². The molecule has 3 aromatic rings. The Hall–Kier alpha value is -3.82. The molecule has 1 saturated heterocycles. The van der Waals surface area contributed by atoms with Crippen molar-refractivity contribution < 1.29 is 19.4 Å². The Morgan fingerprint density at radius 1 is 1.08 bits per heavy atom. The zero-order chi connectivity index (χ0) is 26.4. The van der Waals surface area contributed by atoms with Crippen molar-refractivity contribution in [2.45, 2.75) is 25.9 Å². The summed E-state index contributed by atoms with van der Waals surface area (Å²) in [5, 5.41) is 15.4. The first-order valence-corrected chi connectivity index (χ1v) is 12.3. The molecule has 1 aromatic heterocycles. The summed E-state index contributed by atoms with van der Waals surface area (Å²) < 4.78 is 6.92. The highest BCUT2D eigenvalue weighted by Gasteiger charge is 2.23. The van der Waals surface area contributed by atoms with Crippen molar-refractivity contribution in [3.05, 3.63) is 92.9 Å². The van der Waals surface area contributed by atoms with Crippen LogP contribution in [0.1, 0.15) is 29.2 Å². The van der Waals surface area contributed by atoms with Crippen molar-refractivity contribution in [1.29, 1.82) is 0 Å². The number of pyridine rings is 1. The molecule has 0 radical (unpaired) electrons. The summed E-state index contributed by atoms with van der Waals surface area (Å²) in [6.07, 6.45) is 1.37. The molecular weight excluding hydrogens is 496 g/mol. The second-order valence-corrected chi connectivity index (χ2v) is 9.27. The minimum Gasteiger partial charge on any atom is -0.481 e. The number of morpholine rings is 1. The van der Waals surface area contributed by atoms with Gasteiger partial charge in [0.05, 0.1) is 37.9 Å². The number of aryl methyl sites for hydroxylation is 1. The minimum atomic E-state index is -1.05. The fraction of sp³-hybridized carbons (Fsp3) is 0.296. The molecular formula is C27H29ClN4O5. The Morgan fingerprint density at radius 3 is 2.46 bits per heavy atom. The fourth-order valence-corrected chi connectivity index (χ4v) is 4.41. The number of carbonyl (C=O) groups is 2. The molecule has 194 valence electrons. The van der Waals surface area contributed by atoms with Gasteiger partial charge >= 0.3 is 12.0 Å². The molecule has 2 heterocycles. The molecule has 10 heteroatoms. The molecule has 4 rings (SSSR count). The van der Waals surface area contributed by atoms with Crippen LogP contribution in [0.4, 0.5) is 16.2 Å². The molecule has 0 bridgehead atoms. The lowest BCUT2D eigenvalue weighted by molar-refractivity contribution is -0.137. The zero-order valence-electron chi connectivity index (χ0n) is 20.4. The van der Waals surface area contributed by atoms with E-state index in [-0.39, 0.29) is 18.7 Å². The molecule has 37 heavy (non-hydrogen) atoms. The van der Waals surface area contributed by atoms with Crippen LogP contribution in [0.3, 0.4) is 0 Å². The van der Waals surface area contributed by atoms with E-state index in [1.54, 1.807) is 30.5 Å². The summed E-state index contributed by atoms with van der Waals surface area (Å²) in [6, 6.07) is 14.8. The van der Waals surface area contributed by atoms with Gasteiger partial charge in [-0.15, -0.1) is 0 Å². The predicted molar refractivity (Wildman–Crippen MR) is 143 cm³/mol. The first-order valence-electron chi connectivity index (χ1n) is 12.0. The van der Waals surface area contributed by atoms with Crippen molar-refractivity contribution in [3.8, 4) is 0 Å². The highest BCUT2D eigenvalue weighted by Crippen LogP contribution is 2.25. The van der Waals surface area contributed by atoms with Crippen molar-refractivity contribution in [1.82, 2.24) is 9.88 Å². The number of carbonyl (C=O) groups excluding carboxylic acids is 1. The number of halogens is 1. The van der Waals surface area contributed by atoms with Crippen molar-refractivity contribution in [3.63, 3.8) is 0 Å². The molecule has 3 N–H and O–H groups in total. The van der Waals surface area contributed by atoms with Gasteiger partial charge in [0.1, 0.15) is 5.69 Å². The summed E-state index contributed by atoms with van der Waals surface area (Å²) in [7, 11) is 0. The van der Waals surface area contributed by atoms with Gasteiger partial charge < -0.3 is 29.9 Å². The number of hydrogen-bond donors (Lipinski definition) is 3. The SMILES string of the molecule is Cc1ccc([C@H](CC(=O)O)NC(=O)Nc2c(N3CCOCC3)ccn(Cc3ccccc3Cl)c2=O)cc1. The van der Waals surface area contributed by atoms with Crippen LogP contribution in [0.15, 0.2) is 65.6 Å². The highest BCUT2D eigenvalue weighted by molar-refractivity contribution is 6.31. The summed E-state index contributed by atoms with van der Waals surface area (Å²) >= 11 is 6.31. The summed E-state index contributed by atoms with van der Waals surface area (Å²) in [5.41, 5.74) is 2.71. The number of hydrogen-bond acceptors (Lipinski definition) is 5. The Bertz CT molecular complexity index is 1320. The van der Waals surface area contributed by atoms with E-state index in [1.165, 1.54) is 4.57 Å². The summed E-state index contributed by atoms with van der Waals surface area (Å²) in [5.74, 6) is -1.05. The van der Waals surface area contributed by atoms with E-state index >= 15 is 0 Å². The van der Waals surface area contributed by atoms with Gasteiger partial charge in [0.2, 0.25) is 0 Å². The number of urea groups is 1. The molecule has 0 aliphatic carbocycles. The number of carboxylic acids is 1. The first kappa shape index (κ1) is 26.2. The number of amides is 2. The smallest absolute Gasteiger partial charge is 0.319 e. The van der Waals surface area contributed by atoms with E-state index in [0.717, 1.165) is 11.1 Å². The van der Waals surface area contributed by atoms with Crippen molar-refractivity contribution in [2.24, 2.45) is 0 Å². The third-order valence-electron chi connectivity index (χ3n) is 6.20. The van der Waals surface area contributed by atoms with Gasteiger partial charge in [-0.1, -0.05) is 59.6 Å². The number of anilines is 2. The standard InChI is InChI=1S/C27H29ClN4O5/c1-18-6-8-19(9-7-18)22(16-24(33)34)29-27(36)30-25-23(31-12-14-37-15-13-31)10-11-32(26(25)35)17-20-4-2-3-5-21(20)28/h2-11,22H,12-17H2,1H3,(H,33,34)(H2,29,30,36)/t22-/m0/s1. The number of rotatable bonds is 8. The molecule has 1 atom stereocenters. The van der Waals surface area contributed by atoms with Crippen LogP contribution in [0, 0.1) is 6.92 Å². The Balaban J connectivity index is 1.64. The minimum absolute atomic E-state index is 0.104. The van der Waals surface area contributed by atoms with Gasteiger partial charge in [0.15, 0.2) is 0 Å². The van der Waals surface area contributed by atoms with Crippen molar-refractivity contribution in [2.75, 3.05) is 36.5 Å². The van der Waals surface area contributed by atoms with E-state index in [0.29, 0.717) is 42.6 Å². The first-order chi connectivity index (χ1) is 17.8. The third kappa shape index (κ3) is 6.69. The van der Waals surface area contributed by atoms with Gasteiger partial charge in [-0.25, -0.2) is 4.79 Å².